The Labute approximate surface area is 110 Å². The summed E-state index contributed by atoms with van der Waals surface area (Å²) in [7, 11) is 0. The summed E-state index contributed by atoms with van der Waals surface area (Å²) in [5.41, 5.74) is 0.151. The Kier molecular flexibility index (Phi) is 4.85. The third-order valence-electron chi connectivity index (χ3n) is 3.09. The van der Waals surface area contributed by atoms with Crippen molar-refractivity contribution in [1.82, 2.24) is 10.6 Å². The van der Waals surface area contributed by atoms with Gasteiger partial charge in [-0.3, -0.25) is 4.79 Å². The third-order valence-corrected chi connectivity index (χ3v) is 3.36. The molecule has 0 unspecified atom stereocenters. The zero-order chi connectivity index (χ0) is 13.1. The quantitative estimate of drug-likeness (QED) is 0.763. The highest BCUT2D eigenvalue weighted by molar-refractivity contribution is 6.17. The molecule has 0 bridgehead atoms. The van der Waals surface area contributed by atoms with Crippen molar-refractivity contribution in [3.63, 3.8) is 0 Å². The predicted molar refractivity (Wildman–Crippen MR) is 72.4 cm³/mol. The molecule has 1 fully saturated rings. The maximum absolute atomic E-state index is 11.7. The summed E-state index contributed by atoms with van der Waals surface area (Å²) >= 11 is 5.59. The third kappa shape index (κ3) is 5.26. The Morgan fingerprint density at radius 1 is 1.29 bits per heavy atom. The summed E-state index contributed by atoms with van der Waals surface area (Å²) in [6, 6.07) is 0.268. The molecule has 4 heteroatoms. The van der Waals surface area contributed by atoms with E-state index in [2.05, 4.69) is 38.3 Å². The van der Waals surface area contributed by atoms with Gasteiger partial charge < -0.3 is 10.6 Å². The van der Waals surface area contributed by atoms with Gasteiger partial charge >= 0.3 is 0 Å². The first-order valence-corrected chi connectivity index (χ1v) is 6.92. The summed E-state index contributed by atoms with van der Waals surface area (Å²) in [6.07, 6.45) is 3.24. The highest BCUT2D eigenvalue weighted by Crippen LogP contribution is 2.28. The monoisotopic (exact) mass is 260 g/mol. The van der Waals surface area contributed by atoms with E-state index in [9.17, 15) is 4.79 Å². The van der Waals surface area contributed by atoms with Crippen molar-refractivity contribution in [2.24, 2.45) is 0 Å². The smallest absolute Gasteiger partial charge is 0.220 e. The van der Waals surface area contributed by atoms with Crippen LogP contribution in [0, 0.1) is 0 Å². The van der Waals surface area contributed by atoms with Gasteiger partial charge in [-0.15, -0.1) is 11.6 Å². The summed E-state index contributed by atoms with van der Waals surface area (Å²) < 4.78 is 0. The molecule has 100 valence electrons. The first kappa shape index (κ1) is 14.8. The first-order valence-electron chi connectivity index (χ1n) is 6.39. The lowest BCUT2D eigenvalue weighted by atomic mass is 9.79. The number of nitrogens with one attached hydrogen (secondary N) is 2. The van der Waals surface area contributed by atoms with Gasteiger partial charge in [0.1, 0.15) is 0 Å². The molecule has 1 saturated heterocycles. The van der Waals surface area contributed by atoms with E-state index in [1.807, 2.05) is 0 Å². The molecular formula is C13H25ClN2O. The lowest BCUT2D eigenvalue weighted by molar-refractivity contribution is -0.122. The molecule has 1 aliphatic heterocycles. The molecule has 0 radical (unpaired) electrons. The molecule has 1 aliphatic rings. The topological polar surface area (TPSA) is 41.1 Å². The lowest BCUT2D eigenvalue weighted by Crippen LogP contribution is -2.62. The number of amides is 1. The highest BCUT2D eigenvalue weighted by Gasteiger charge is 2.37. The summed E-state index contributed by atoms with van der Waals surface area (Å²) in [5.74, 6) is 0.681. The summed E-state index contributed by atoms with van der Waals surface area (Å²) in [4.78, 5) is 11.7. The molecule has 3 nitrogen and oxygen atoms in total. The zero-order valence-corrected chi connectivity index (χ0v) is 12.2. The van der Waals surface area contributed by atoms with Crippen LogP contribution in [0.4, 0.5) is 0 Å². The number of rotatable bonds is 4. The Bertz CT molecular complexity index is 261. The van der Waals surface area contributed by atoms with Crippen LogP contribution in [0.1, 0.15) is 53.4 Å². The molecule has 0 saturated carbocycles. The van der Waals surface area contributed by atoms with E-state index in [1.165, 1.54) is 0 Å². The average Bonchev–Trinajstić information content (AvgIpc) is 2.09. The average molecular weight is 261 g/mol. The van der Waals surface area contributed by atoms with Crippen molar-refractivity contribution >= 4 is 17.5 Å². The van der Waals surface area contributed by atoms with Crippen molar-refractivity contribution in [3.8, 4) is 0 Å². The van der Waals surface area contributed by atoms with E-state index >= 15 is 0 Å². The van der Waals surface area contributed by atoms with Crippen LogP contribution in [0.3, 0.4) is 0 Å². The van der Waals surface area contributed by atoms with Gasteiger partial charge in [0, 0.05) is 29.4 Å². The van der Waals surface area contributed by atoms with Crippen LogP contribution in [0.25, 0.3) is 0 Å². The minimum atomic E-state index is 0.0756. The Morgan fingerprint density at radius 2 is 1.82 bits per heavy atom. The van der Waals surface area contributed by atoms with Gasteiger partial charge in [-0.25, -0.2) is 0 Å². The fourth-order valence-corrected chi connectivity index (χ4v) is 3.09. The second-order valence-corrected chi connectivity index (χ2v) is 6.74. The summed E-state index contributed by atoms with van der Waals surface area (Å²) in [5, 5.41) is 6.73. The van der Waals surface area contributed by atoms with Gasteiger partial charge in [0.15, 0.2) is 0 Å². The van der Waals surface area contributed by atoms with E-state index in [1.54, 1.807) is 0 Å². The molecule has 1 rings (SSSR count). The van der Waals surface area contributed by atoms with Gasteiger partial charge in [0.25, 0.3) is 0 Å². The molecule has 0 aromatic rings. The number of hydrogen-bond acceptors (Lipinski definition) is 2. The van der Waals surface area contributed by atoms with Crippen LogP contribution in [-0.2, 0) is 4.79 Å². The fourth-order valence-electron chi connectivity index (χ4n) is 2.95. The number of halogens is 1. The van der Waals surface area contributed by atoms with Crippen LogP contribution < -0.4 is 10.6 Å². The number of alkyl halides is 1. The Balaban J connectivity index is 2.51. The SMILES string of the molecule is CC1(C)CC(NC(=O)CCCCl)CC(C)(C)N1. The molecule has 2 N–H and O–H groups in total. The Morgan fingerprint density at radius 3 is 2.29 bits per heavy atom. The van der Waals surface area contributed by atoms with Gasteiger partial charge in [-0.2, -0.15) is 0 Å². The Hall–Kier alpha value is -0.280. The van der Waals surface area contributed by atoms with E-state index in [0.29, 0.717) is 12.3 Å². The van der Waals surface area contributed by atoms with Crippen LogP contribution in [0.2, 0.25) is 0 Å². The van der Waals surface area contributed by atoms with Gasteiger partial charge in [0.2, 0.25) is 5.91 Å². The lowest BCUT2D eigenvalue weighted by Gasteiger charge is -2.46. The first-order chi connectivity index (χ1) is 7.74. The maximum Gasteiger partial charge on any atom is 0.220 e. The molecular weight excluding hydrogens is 236 g/mol. The minimum Gasteiger partial charge on any atom is -0.353 e. The number of hydrogen-bond donors (Lipinski definition) is 2. The van der Waals surface area contributed by atoms with Gasteiger partial charge in [-0.1, -0.05) is 0 Å². The normalized spacial score (nSPS) is 23.4. The molecule has 0 atom stereocenters. The largest absolute Gasteiger partial charge is 0.353 e. The predicted octanol–water partition coefficient (Wildman–Crippen LogP) is 2.43. The number of piperidine rings is 1. The molecule has 0 aromatic carbocycles. The van der Waals surface area contributed by atoms with E-state index < -0.39 is 0 Å². The van der Waals surface area contributed by atoms with Crippen molar-refractivity contribution in [2.75, 3.05) is 5.88 Å². The minimum absolute atomic E-state index is 0.0756. The molecule has 0 aromatic heterocycles. The standard InChI is InChI=1S/C13H25ClN2O/c1-12(2)8-10(9-13(3,4)16-12)15-11(17)6-5-7-14/h10,16H,5-9H2,1-4H3,(H,15,17). The molecule has 0 spiro atoms. The van der Waals surface area contributed by atoms with Gasteiger partial charge in [-0.05, 0) is 47.0 Å². The fraction of sp³-hybridized carbons (Fsp3) is 0.923. The van der Waals surface area contributed by atoms with Crippen LogP contribution in [-0.4, -0.2) is 28.9 Å². The van der Waals surface area contributed by atoms with Crippen LogP contribution in [0.15, 0.2) is 0 Å². The summed E-state index contributed by atoms with van der Waals surface area (Å²) in [6.45, 7) is 8.75. The molecule has 0 aliphatic carbocycles. The van der Waals surface area contributed by atoms with E-state index in [0.717, 1.165) is 19.3 Å². The second kappa shape index (κ2) is 5.57. The maximum atomic E-state index is 11.7. The molecule has 17 heavy (non-hydrogen) atoms. The number of carbonyl (C=O) groups excluding carboxylic acids is 1. The van der Waals surface area contributed by atoms with Gasteiger partial charge in [0.05, 0.1) is 0 Å². The van der Waals surface area contributed by atoms with Crippen molar-refractivity contribution in [2.45, 2.75) is 70.5 Å². The van der Waals surface area contributed by atoms with E-state index in [4.69, 9.17) is 11.6 Å². The van der Waals surface area contributed by atoms with Crippen molar-refractivity contribution in [3.05, 3.63) is 0 Å². The van der Waals surface area contributed by atoms with Crippen molar-refractivity contribution in [1.29, 1.82) is 0 Å². The highest BCUT2D eigenvalue weighted by atomic mass is 35.5. The second-order valence-electron chi connectivity index (χ2n) is 6.36. The number of carbonyl (C=O) groups is 1. The molecule has 1 amide bonds. The molecule has 1 heterocycles. The van der Waals surface area contributed by atoms with Crippen molar-refractivity contribution < 1.29 is 4.79 Å². The van der Waals surface area contributed by atoms with Crippen LogP contribution >= 0.6 is 11.6 Å². The zero-order valence-electron chi connectivity index (χ0n) is 11.4. The van der Waals surface area contributed by atoms with Crippen LogP contribution in [0.5, 0.6) is 0 Å². The van der Waals surface area contributed by atoms with E-state index in [-0.39, 0.29) is 23.0 Å².